The van der Waals surface area contributed by atoms with E-state index in [1.54, 1.807) is 0 Å². The zero-order chi connectivity index (χ0) is 15.8. The summed E-state index contributed by atoms with van der Waals surface area (Å²) < 4.78 is 0. The van der Waals surface area contributed by atoms with Crippen molar-refractivity contribution in [1.29, 1.82) is 0 Å². The summed E-state index contributed by atoms with van der Waals surface area (Å²) in [6.07, 6.45) is 1.41. The van der Waals surface area contributed by atoms with E-state index >= 15 is 0 Å². The lowest BCUT2D eigenvalue weighted by molar-refractivity contribution is -0.259. The first-order chi connectivity index (χ1) is 9.90. The number of imide groups is 1. The van der Waals surface area contributed by atoms with Crippen molar-refractivity contribution in [1.82, 2.24) is 4.90 Å². The lowest BCUT2D eigenvalue weighted by atomic mass is 10.3. The molecule has 0 atom stereocenters. The van der Waals surface area contributed by atoms with E-state index in [9.17, 15) is 24.0 Å². The lowest BCUT2D eigenvalue weighted by Crippen LogP contribution is -2.31. The second-order valence-corrected chi connectivity index (χ2v) is 4.07. The molecule has 1 aliphatic heterocycles. The van der Waals surface area contributed by atoms with E-state index in [-0.39, 0.29) is 19.4 Å². The Morgan fingerprint density at radius 2 is 1.48 bits per heavy atom. The Morgan fingerprint density at radius 3 is 2.00 bits per heavy atom. The maximum atomic E-state index is 11.2. The number of carboxylic acid groups (broad SMARTS) is 1. The number of carbonyl (C=O) groups is 5. The van der Waals surface area contributed by atoms with Crippen molar-refractivity contribution in [2.45, 2.75) is 25.7 Å². The first kappa shape index (κ1) is 16.3. The molecule has 1 N–H and O–H groups in total. The van der Waals surface area contributed by atoms with Crippen LogP contribution in [0.15, 0.2) is 12.2 Å². The number of hydrogen-bond donors (Lipinski definition) is 1. The third kappa shape index (κ3) is 5.85. The van der Waals surface area contributed by atoms with Gasteiger partial charge >= 0.3 is 17.9 Å². The van der Waals surface area contributed by atoms with Crippen LogP contribution in [0, 0.1) is 0 Å². The van der Waals surface area contributed by atoms with E-state index in [0.29, 0.717) is 0 Å². The molecule has 1 heterocycles. The van der Waals surface area contributed by atoms with Gasteiger partial charge in [-0.3, -0.25) is 19.3 Å². The minimum atomic E-state index is -1.17. The minimum absolute atomic E-state index is 0.0483. The predicted molar refractivity (Wildman–Crippen MR) is 64.1 cm³/mol. The molecule has 1 rings (SSSR count). The second-order valence-electron chi connectivity index (χ2n) is 4.07. The average Bonchev–Trinajstić information content (AvgIpc) is 2.74. The zero-order valence-corrected chi connectivity index (χ0v) is 10.9. The molecule has 0 bridgehead atoms. The van der Waals surface area contributed by atoms with Gasteiger partial charge in [-0.2, -0.15) is 0 Å². The third-order valence-electron chi connectivity index (χ3n) is 2.43. The van der Waals surface area contributed by atoms with Crippen LogP contribution in [0.2, 0.25) is 0 Å². The molecule has 114 valence electrons. The molecule has 2 amide bonds. The normalized spacial score (nSPS) is 13.4. The summed E-state index contributed by atoms with van der Waals surface area (Å²) >= 11 is 0. The van der Waals surface area contributed by atoms with Gasteiger partial charge in [0.25, 0.3) is 11.8 Å². The summed E-state index contributed by atoms with van der Waals surface area (Å²) in [7, 11) is 0. The van der Waals surface area contributed by atoms with E-state index in [1.807, 2.05) is 0 Å². The van der Waals surface area contributed by atoms with Crippen LogP contribution in [0.3, 0.4) is 0 Å². The molecule has 0 aromatic rings. The first-order valence-electron chi connectivity index (χ1n) is 6.05. The van der Waals surface area contributed by atoms with Crippen LogP contribution < -0.4 is 0 Å². The van der Waals surface area contributed by atoms with Crippen LogP contribution in [0.4, 0.5) is 0 Å². The van der Waals surface area contributed by atoms with E-state index in [0.717, 1.165) is 17.1 Å². The molecule has 0 aromatic heterocycles. The topological polar surface area (TPSA) is 127 Å². The molecule has 0 radical (unpaired) electrons. The molecule has 0 saturated carbocycles. The van der Waals surface area contributed by atoms with E-state index in [1.165, 1.54) is 0 Å². The van der Waals surface area contributed by atoms with Crippen molar-refractivity contribution in [3.05, 3.63) is 12.2 Å². The Kier molecular flexibility index (Phi) is 6.05. The van der Waals surface area contributed by atoms with Crippen LogP contribution in [0.25, 0.3) is 0 Å². The Morgan fingerprint density at radius 1 is 0.952 bits per heavy atom. The first-order valence-corrected chi connectivity index (χ1v) is 6.05. The highest BCUT2D eigenvalue weighted by atomic mass is 17.2. The van der Waals surface area contributed by atoms with Crippen molar-refractivity contribution in [2.75, 3.05) is 6.54 Å². The van der Waals surface area contributed by atoms with Gasteiger partial charge in [-0.25, -0.2) is 19.4 Å². The highest BCUT2D eigenvalue weighted by molar-refractivity contribution is 6.12. The highest BCUT2D eigenvalue weighted by Crippen LogP contribution is 2.06. The monoisotopic (exact) mass is 299 g/mol. The number of aliphatic carboxylic acids is 1. The molecular weight excluding hydrogens is 286 g/mol. The maximum absolute atomic E-state index is 11.2. The molecule has 0 spiro atoms. The fourth-order valence-corrected chi connectivity index (χ4v) is 1.42. The Hall–Kier alpha value is -2.71. The van der Waals surface area contributed by atoms with Gasteiger partial charge < -0.3 is 5.11 Å². The quantitative estimate of drug-likeness (QED) is 0.380. The Labute approximate surface area is 119 Å². The van der Waals surface area contributed by atoms with E-state index < -0.39 is 42.6 Å². The molecule has 9 nitrogen and oxygen atoms in total. The van der Waals surface area contributed by atoms with Crippen molar-refractivity contribution in [2.24, 2.45) is 0 Å². The van der Waals surface area contributed by atoms with Gasteiger partial charge in [0.05, 0.1) is 19.3 Å². The van der Waals surface area contributed by atoms with Gasteiger partial charge in [0.15, 0.2) is 0 Å². The lowest BCUT2D eigenvalue weighted by Gasteiger charge is -2.12. The van der Waals surface area contributed by atoms with Gasteiger partial charge in [0, 0.05) is 18.7 Å². The van der Waals surface area contributed by atoms with Crippen molar-refractivity contribution < 1.29 is 38.9 Å². The van der Waals surface area contributed by atoms with Gasteiger partial charge in [0.2, 0.25) is 0 Å². The smallest absolute Gasteiger partial charge is 0.356 e. The standard InChI is InChI=1S/C12H13NO8/c14-8-3-4-9(15)13(8)7-1-2-11(18)20-21-12(19)6-5-10(16)17/h3-4H,1-2,5-7H2,(H,16,17). The van der Waals surface area contributed by atoms with Crippen molar-refractivity contribution in [3.8, 4) is 0 Å². The summed E-state index contributed by atoms with van der Waals surface area (Å²) in [5.41, 5.74) is 0. The van der Waals surface area contributed by atoms with Gasteiger partial charge in [-0.1, -0.05) is 0 Å². The van der Waals surface area contributed by atoms with Crippen LogP contribution in [0.1, 0.15) is 25.7 Å². The van der Waals surface area contributed by atoms with Gasteiger partial charge in [-0.05, 0) is 6.42 Å². The van der Waals surface area contributed by atoms with Gasteiger partial charge in [-0.15, -0.1) is 0 Å². The maximum Gasteiger partial charge on any atom is 0.356 e. The highest BCUT2D eigenvalue weighted by Gasteiger charge is 2.23. The average molecular weight is 299 g/mol. The van der Waals surface area contributed by atoms with Crippen molar-refractivity contribution in [3.63, 3.8) is 0 Å². The summed E-state index contributed by atoms with van der Waals surface area (Å²) in [4.78, 5) is 64.0. The Balaban J connectivity index is 2.14. The molecule has 0 aromatic carbocycles. The van der Waals surface area contributed by atoms with E-state index in [2.05, 4.69) is 9.78 Å². The van der Waals surface area contributed by atoms with Crippen LogP contribution >= 0.6 is 0 Å². The molecule has 0 unspecified atom stereocenters. The number of nitrogens with zero attached hydrogens (tertiary/aromatic N) is 1. The predicted octanol–water partition coefficient (Wildman–Crippen LogP) is -0.442. The summed E-state index contributed by atoms with van der Waals surface area (Å²) in [6.45, 7) is 0.0483. The van der Waals surface area contributed by atoms with Crippen molar-refractivity contribution >= 4 is 29.7 Å². The fraction of sp³-hybridized carbons (Fsp3) is 0.417. The van der Waals surface area contributed by atoms with Crippen LogP contribution in [0.5, 0.6) is 0 Å². The molecule has 0 aliphatic carbocycles. The molecule has 21 heavy (non-hydrogen) atoms. The number of carboxylic acids is 1. The summed E-state index contributed by atoms with van der Waals surface area (Å²) in [5, 5.41) is 8.32. The van der Waals surface area contributed by atoms with E-state index in [4.69, 9.17) is 5.11 Å². The summed E-state index contributed by atoms with van der Waals surface area (Å²) in [6, 6.07) is 0. The SMILES string of the molecule is O=C(O)CCC(=O)OOC(=O)CCCN1C(=O)C=CC1=O. The molecule has 0 fully saturated rings. The number of amides is 2. The minimum Gasteiger partial charge on any atom is -0.481 e. The fourth-order valence-electron chi connectivity index (χ4n) is 1.42. The van der Waals surface area contributed by atoms with Gasteiger partial charge in [0.1, 0.15) is 0 Å². The number of carbonyl (C=O) groups excluding carboxylic acids is 4. The largest absolute Gasteiger partial charge is 0.481 e. The molecule has 9 heteroatoms. The number of rotatable bonds is 7. The van der Waals surface area contributed by atoms with Crippen LogP contribution in [-0.4, -0.2) is 46.3 Å². The number of hydrogen-bond acceptors (Lipinski definition) is 7. The second kappa shape index (κ2) is 7.78. The van der Waals surface area contributed by atoms with Crippen LogP contribution in [-0.2, 0) is 33.7 Å². The molecule has 0 saturated heterocycles. The summed E-state index contributed by atoms with van der Waals surface area (Å²) in [5.74, 6) is -3.90. The molecule has 1 aliphatic rings. The third-order valence-corrected chi connectivity index (χ3v) is 2.43. The Bertz CT molecular complexity index is 477. The zero-order valence-electron chi connectivity index (χ0n) is 10.9. The molecular formula is C12H13NO8.